The average molecular weight is 344 g/mol. The molecule has 1 aromatic rings. The molecule has 0 spiro atoms. The molecule has 0 atom stereocenters. The Balaban J connectivity index is 0.000000504. The number of ether oxygens (including phenoxy) is 1. The summed E-state index contributed by atoms with van der Waals surface area (Å²) in [5, 5.41) is 8.74. The summed E-state index contributed by atoms with van der Waals surface area (Å²) in [6.45, 7) is 16.8. The molecule has 4 heteroatoms. The van der Waals surface area contributed by atoms with Gasteiger partial charge in [0.05, 0.1) is 6.61 Å². The van der Waals surface area contributed by atoms with Crippen molar-refractivity contribution in [2.45, 2.75) is 34.6 Å². The summed E-state index contributed by atoms with van der Waals surface area (Å²) >= 11 is 0. The van der Waals surface area contributed by atoms with E-state index in [0.717, 1.165) is 16.7 Å². The van der Waals surface area contributed by atoms with Gasteiger partial charge in [-0.2, -0.15) is 0 Å². The van der Waals surface area contributed by atoms with Crippen molar-refractivity contribution in [1.82, 2.24) is 0 Å². The maximum Gasteiger partial charge on any atom is 0.333 e. The summed E-state index contributed by atoms with van der Waals surface area (Å²) in [7, 11) is 0. The van der Waals surface area contributed by atoms with E-state index in [0.29, 0.717) is 23.7 Å². The molecule has 1 N–H and O–H groups in total. The van der Waals surface area contributed by atoms with Gasteiger partial charge in [0.25, 0.3) is 0 Å². The van der Waals surface area contributed by atoms with Crippen LogP contribution in [0.2, 0.25) is 0 Å². The van der Waals surface area contributed by atoms with Crippen molar-refractivity contribution < 1.29 is 19.4 Å². The Morgan fingerprint density at radius 1 is 1.28 bits per heavy atom. The number of rotatable bonds is 6. The molecule has 0 heterocycles. The molecule has 0 aliphatic carbocycles. The van der Waals surface area contributed by atoms with Gasteiger partial charge in [0, 0.05) is 11.1 Å². The Hall–Kier alpha value is -2.62. The summed E-state index contributed by atoms with van der Waals surface area (Å²) < 4.78 is 4.83. The Morgan fingerprint density at radius 3 is 2.32 bits per heavy atom. The number of aliphatic carboxylic acids is 1. The predicted molar refractivity (Wildman–Crippen MR) is 103 cm³/mol. The van der Waals surface area contributed by atoms with Crippen LogP contribution >= 0.6 is 0 Å². The molecule has 0 bridgehead atoms. The smallest absolute Gasteiger partial charge is 0.333 e. The topological polar surface area (TPSA) is 63.6 Å². The van der Waals surface area contributed by atoms with Crippen LogP contribution in [0.25, 0.3) is 12.2 Å². The number of carboxylic acid groups (broad SMARTS) is 1. The van der Waals surface area contributed by atoms with Crippen molar-refractivity contribution in [3.63, 3.8) is 0 Å². The van der Waals surface area contributed by atoms with Gasteiger partial charge in [0.2, 0.25) is 0 Å². The van der Waals surface area contributed by atoms with Crippen LogP contribution in [-0.2, 0) is 14.3 Å². The van der Waals surface area contributed by atoms with Crippen molar-refractivity contribution >= 4 is 24.1 Å². The third kappa shape index (κ3) is 9.30. The van der Waals surface area contributed by atoms with Gasteiger partial charge in [-0.25, -0.2) is 9.59 Å². The molecule has 25 heavy (non-hydrogen) atoms. The predicted octanol–water partition coefficient (Wildman–Crippen LogP) is 4.89. The van der Waals surface area contributed by atoms with E-state index in [1.54, 1.807) is 26.0 Å². The van der Waals surface area contributed by atoms with E-state index in [1.807, 2.05) is 39.0 Å². The molecule has 0 saturated carbocycles. The zero-order chi connectivity index (χ0) is 19.6. The molecule has 0 aliphatic heterocycles. The molecule has 0 aliphatic rings. The first-order valence-corrected chi connectivity index (χ1v) is 8.05. The number of carbonyl (C=O) groups is 2. The Labute approximate surface area is 150 Å². The van der Waals surface area contributed by atoms with Crippen molar-refractivity contribution in [2.24, 2.45) is 5.92 Å². The van der Waals surface area contributed by atoms with E-state index in [9.17, 15) is 9.59 Å². The lowest BCUT2D eigenvalue weighted by Crippen LogP contribution is -2.09. The average Bonchev–Trinajstić information content (AvgIpc) is 2.54. The highest BCUT2D eigenvalue weighted by Crippen LogP contribution is 2.15. The van der Waals surface area contributed by atoms with Crippen LogP contribution in [0.3, 0.4) is 0 Å². The minimum Gasteiger partial charge on any atom is -0.478 e. The molecule has 4 nitrogen and oxygen atoms in total. The van der Waals surface area contributed by atoms with Crippen LogP contribution in [0.5, 0.6) is 0 Å². The molecule has 1 rings (SSSR count). The first-order chi connectivity index (χ1) is 11.6. The van der Waals surface area contributed by atoms with Crippen LogP contribution < -0.4 is 0 Å². The largest absolute Gasteiger partial charge is 0.478 e. The van der Waals surface area contributed by atoms with Gasteiger partial charge in [-0.15, -0.1) is 0 Å². The van der Waals surface area contributed by atoms with Crippen LogP contribution in [0, 0.1) is 12.8 Å². The van der Waals surface area contributed by atoms with E-state index >= 15 is 0 Å². The molecule has 0 aromatic heterocycles. The highest BCUT2D eigenvalue weighted by molar-refractivity contribution is 5.91. The standard InChI is InChI=1S/C13H14O2.C8H14O2/c1-4-12-8-11(6-5-9(12)2)7-10(3)13(14)15;1-6(2)5-10-8(9)7(3)4/h4-8H,1H2,2-3H3,(H,14,15);6H,3,5H2,1-2,4H3. The second kappa shape index (κ2) is 11.0. The maximum atomic E-state index is 10.7. The first kappa shape index (κ1) is 22.4. The summed E-state index contributed by atoms with van der Waals surface area (Å²) in [6, 6.07) is 5.78. The van der Waals surface area contributed by atoms with Gasteiger partial charge in [-0.1, -0.05) is 45.2 Å². The minimum absolute atomic E-state index is 0.297. The summed E-state index contributed by atoms with van der Waals surface area (Å²) in [5.74, 6) is -0.798. The van der Waals surface area contributed by atoms with Gasteiger partial charge >= 0.3 is 11.9 Å². The Morgan fingerprint density at radius 2 is 1.88 bits per heavy atom. The highest BCUT2D eigenvalue weighted by atomic mass is 16.5. The van der Waals surface area contributed by atoms with E-state index < -0.39 is 5.97 Å². The number of aryl methyl sites for hydroxylation is 1. The van der Waals surface area contributed by atoms with Gasteiger partial charge in [-0.05, 0) is 55.5 Å². The monoisotopic (exact) mass is 344 g/mol. The van der Waals surface area contributed by atoms with Crippen LogP contribution in [0.15, 0.2) is 42.5 Å². The maximum absolute atomic E-state index is 10.7. The van der Waals surface area contributed by atoms with Gasteiger partial charge < -0.3 is 9.84 Å². The molecular formula is C21H28O4. The molecular weight excluding hydrogens is 316 g/mol. The van der Waals surface area contributed by atoms with Crippen molar-refractivity contribution in [3.05, 3.63) is 59.2 Å². The normalized spacial score (nSPS) is 10.6. The fourth-order valence-electron chi connectivity index (χ4n) is 1.65. The lowest BCUT2D eigenvalue weighted by Gasteiger charge is -2.05. The number of hydrogen-bond acceptors (Lipinski definition) is 3. The molecule has 0 radical (unpaired) electrons. The van der Waals surface area contributed by atoms with Gasteiger partial charge in [-0.3, -0.25) is 0 Å². The third-order valence-corrected chi connectivity index (χ3v) is 3.14. The molecule has 136 valence electrons. The van der Waals surface area contributed by atoms with Crippen molar-refractivity contribution in [2.75, 3.05) is 6.61 Å². The number of benzene rings is 1. The fourth-order valence-corrected chi connectivity index (χ4v) is 1.65. The Kier molecular flexibility index (Phi) is 9.87. The molecule has 0 amide bonds. The van der Waals surface area contributed by atoms with Crippen LogP contribution in [0.1, 0.15) is 44.4 Å². The lowest BCUT2D eigenvalue weighted by molar-refractivity contribution is -0.140. The van der Waals surface area contributed by atoms with Gasteiger partial charge in [0.1, 0.15) is 0 Å². The zero-order valence-electron chi connectivity index (χ0n) is 15.8. The summed E-state index contributed by atoms with van der Waals surface area (Å²) in [6.07, 6.45) is 3.41. The van der Waals surface area contributed by atoms with Crippen LogP contribution in [0.4, 0.5) is 0 Å². The fraction of sp³-hybridized carbons (Fsp3) is 0.333. The van der Waals surface area contributed by atoms with Crippen molar-refractivity contribution in [3.8, 4) is 0 Å². The van der Waals surface area contributed by atoms with E-state index in [2.05, 4.69) is 13.2 Å². The SMILES string of the molecule is C=C(C)C(=O)OCC(C)C.C=Cc1cc(C=C(C)C(=O)O)ccc1C. The third-order valence-electron chi connectivity index (χ3n) is 3.14. The number of esters is 1. The summed E-state index contributed by atoms with van der Waals surface area (Å²) in [4.78, 5) is 21.4. The van der Waals surface area contributed by atoms with Crippen LogP contribution in [-0.4, -0.2) is 23.7 Å². The van der Waals surface area contributed by atoms with E-state index in [1.165, 1.54) is 0 Å². The molecule has 0 fully saturated rings. The number of hydrogen-bond donors (Lipinski definition) is 1. The van der Waals surface area contributed by atoms with Gasteiger partial charge in [0.15, 0.2) is 0 Å². The summed E-state index contributed by atoms with van der Waals surface area (Å²) in [5.41, 5.74) is 3.84. The Bertz CT molecular complexity index is 666. The molecule has 0 saturated heterocycles. The second-order valence-corrected chi connectivity index (χ2v) is 6.23. The van der Waals surface area contributed by atoms with E-state index in [-0.39, 0.29) is 5.97 Å². The zero-order valence-corrected chi connectivity index (χ0v) is 15.8. The number of carboxylic acids is 1. The quantitative estimate of drug-likeness (QED) is 0.589. The van der Waals surface area contributed by atoms with Crippen molar-refractivity contribution in [1.29, 1.82) is 0 Å². The highest BCUT2D eigenvalue weighted by Gasteiger charge is 2.03. The van der Waals surface area contributed by atoms with E-state index in [4.69, 9.17) is 9.84 Å². The number of carbonyl (C=O) groups excluding carboxylic acids is 1. The molecule has 1 aromatic carbocycles. The second-order valence-electron chi connectivity index (χ2n) is 6.23. The lowest BCUT2D eigenvalue weighted by atomic mass is 10.0. The first-order valence-electron chi connectivity index (χ1n) is 8.05. The molecule has 0 unspecified atom stereocenters. The minimum atomic E-state index is -0.893.